The van der Waals surface area contributed by atoms with Crippen LogP contribution in [0.25, 0.3) is 0 Å². The second-order valence-electron chi connectivity index (χ2n) is 15.3. The van der Waals surface area contributed by atoms with Crippen molar-refractivity contribution in [3.8, 4) is 0 Å². The molecule has 14 heteroatoms. The molecule has 52 heavy (non-hydrogen) atoms. The van der Waals surface area contributed by atoms with Crippen LogP contribution >= 0.6 is 0 Å². The van der Waals surface area contributed by atoms with Crippen molar-refractivity contribution in [1.82, 2.24) is 26.2 Å². The van der Waals surface area contributed by atoms with Crippen LogP contribution in [0.1, 0.15) is 119 Å². The fourth-order valence-corrected chi connectivity index (χ4v) is 6.78. The first kappa shape index (κ1) is 47.2. The van der Waals surface area contributed by atoms with Crippen molar-refractivity contribution in [2.75, 3.05) is 39.8 Å². The van der Waals surface area contributed by atoms with E-state index < -0.39 is 47.9 Å². The van der Waals surface area contributed by atoms with Crippen molar-refractivity contribution in [1.29, 1.82) is 0 Å². The van der Waals surface area contributed by atoms with E-state index in [0.29, 0.717) is 32.5 Å². The molecule has 1 fully saturated rings. The molecule has 1 aliphatic carbocycles. The van der Waals surface area contributed by atoms with E-state index in [1.807, 2.05) is 34.6 Å². The zero-order chi connectivity index (χ0) is 39.2. The van der Waals surface area contributed by atoms with E-state index in [4.69, 9.17) is 21.9 Å². The molecule has 0 saturated heterocycles. The first-order valence-corrected chi connectivity index (χ1v) is 19.9. The highest BCUT2D eigenvalue weighted by Gasteiger charge is 2.38. The van der Waals surface area contributed by atoms with Crippen LogP contribution in [0.2, 0.25) is 0 Å². The van der Waals surface area contributed by atoms with Gasteiger partial charge in [0, 0.05) is 45.2 Å². The smallest absolute Gasteiger partial charge is 0.243 e. The monoisotopic (exact) mass is 739 g/mol. The molecule has 7 atom stereocenters. The number of ether oxygens (including phenoxy) is 1. The van der Waals surface area contributed by atoms with Crippen LogP contribution in [-0.4, -0.2) is 105 Å². The van der Waals surface area contributed by atoms with Gasteiger partial charge in [0.25, 0.3) is 0 Å². The molecule has 0 aromatic carbocycles. The summed E-state index contributed by atoms with van der Waals surface area (Å²) >= 11 is 0. The molecule has 5 amide bonds. The molecule has 0 spiro atoms. The third-order valence-corrected chi connectivity index (χ3v) is 10.1. The van der Waals surface area contributed by atoms with E-state index in [9.17, 15) is 24.0 Å². The van der Waals surface area contributed by atoms with E-state index in [1.165, 1.54) is 4.90 Å². The summed E-state index contributed by atoms with van der Waals surface area (Å²) in [5.41, 5.74) is 16.7. The molecule has 0 bridgehead atoms. The number of amides is 5. The van der Waals surface area contributed by atoms with Crippen LogP contribution in [0.5, 0.6) is 0 Å². The molecule has 0 unspecified atom stereocenters. The highest BCUT2D eigenvalue weighted by atomic mass is 16.5. The molecule has 0 aliphatic heterocycles. The van der Waals surface area contributed by atoms with E-state index in [-0.39, 0.29) is 48.8 Å². The van der Waals surface area contributed by atoms with E-state index in [0.717, 1.165) is 64.2 Å². The first-order valence-electron chi connectivity index (χ1n) is 19.9. The molecule has 0 heterocycles. The van der Waals surface area contributed by atoms with Crippen molar-refractivity contribution in [2.45, 2.75) is 149 Å². The number of unbranched alkanes of at least 4 members (excludes halogenated alkanes) is 3. The molecule has 1 rings (SSSR count). The highest BCUT2D eigenvalue weighted by molar-refractivity contribution is 5.94. The van der Waals surface area contributed by atoms with Crippen LogP contribution in [-0.2, 0) is 28.7 Å². The number of carbonyl (C=O) groups is 5. The average Bonchev–Trinajstić information content (AvgIpc) is 3.39. The summed E-state index contributed by atoms with van der Waals surface area (Å²) in [6, 6.07) is -3.07. The standard InChI is InChI=1S/C38H74N8O6/c1-8-9-10-15-18-32(52-24-27(5)43-35(48)26(4)23-42-20-19-39)28(6)38(51)46(7)31(21-25(2)3)36(49)45-33(29-16-13-11-12-14-17-29)37(50)44-30(22-40)34(41)47/h25-33,42H,8-24,39-40H2,1-7H3,(H2,41,47)(H,43,48)(H,44,50)(H,45,49)/t26-,27+,28+,30-,31-,32+,33-/m0/s1. The highest BCUT2D eigenvalue weighted by Crippen LogP contribution is 2.27. The minimum atomic E-state index is -1.05. The number of nitrogens with zero attached hydrogens (tertiary/aromatic N) is 1. The second kappa shape index (κ2) is 26.0. The Labute approximate surface area is 313 Å². The first-order chi connectivity index (χ1) is 24.7. The van der Waals surface area contributed by atoms with Crippen molar-refractivity contribution < 1.29 is 28.7 Å². The lowest BCUT2D eigenvalue weighted by Gasteiger charge is -2.35. The number of primary amides is 1. The Kier molecular flexibility index (Phi) is 23.6. The normalized spacial score (nSPS) is 17.9. The number of likely N-dealkylation sites (N-methyl/N-ethyl adjacent to an activating group) is 1. The molecule has 0 radical (unpaired) electrons. The van der Waals surface area contributed by atoms with Gasteiger partial charge in [-0.3, -0.25) is 24.0 Å². The Morgan fingerprint density at radius 1 is 0.846 bits per heavy atom. The largest absolute Gasteiger partial charge is 0.375 e. The number of rotatable bonds is 26. The molecular weight excluding hydrogens is 664 g/mol. The fraction of sp³-hybridized carbons (Fsp3) is 0.868. The van der Waals surface area contributed by atoms with Gasteiger partial charge in [-0.05, 0) is 44.4 Å². The number of hydrogen-bond acceptors (Lipinski definition) is 9. The zero-order valence-electron chi connectivity index (χ0n) is 33.3. The third-order valence-electron chi connectivity index (χ3n) is 10.1. The average molecular weight is 739 g/mol. The van der Waals surface area contributed by atoms with Gasteiger partial charge in [-0.15, -0.1) is 0 Å². The molecule has 14 nitrogen and oxygen atoms in total. The Balaban J connectivity index is 3.19. The van der Waals surface area contributed by atoms with E-state index in [2.05, 4.69) is 28.2 Å². The summed E-state index contributed by atoms with van der Waals surface area (Å²) in [5.74, 6) is -2.85. The van der Waals surface area contributed by atoms with Crippen LogP contribution in [0.4, 0.5) is 0 Å². The second-order valence-corrected chi connectivity index (χ2v) is 15.3. The Morgan fingerprint density at radius 2 is 1.50 bits per heavy atom. The maximum absolute atomic E-state index is 14.2. The predicted molar refractivity (Wildman–Crippen MR) is 206 cm³/mol. The van der Waals surface area contributed by atoms with Gasteiger partial charge in [0.15, 0.2) is 0 Å². The van der Waals surface area contributed by atoms with E-state index >= 15 is 0 Å². The summed E-state index contributed by atoms with van der Waals surface area (Å²) < 4.78 is 6.38. The van der Waals surface area contributed by atoms with Crippen molar-refractivity contribution in [3.63, 3.8) is 0 Å². The summed E-state index contributed by atoms with van der Waals surface area (Å²) in [6.45, 7) is 13.4. The molecule has 0 aromatic heterocycles. The van der Waals surface area contributed by atoms with Gasteiger partial charge in [0.2, 0.25) is 29.5 Å². The quantitative estimate of drug-likeness (QED) is 0.0508. The number of hydrogen-bond donors (Lipinski definition) is 7. The summed E-state index contributed by atoms with van der Waals surface area (Å²) in [7, 11) is 1.64. The molecular formula is C38H74N8O6. The molecule has 1 aliphatic rings. The molecule has 302 valence electrons. The summed E-state index contributed by atoms with van der Waals surface area (Å²) in [6.07, 6.45) is 10.1. The number of carbonyl (C=O) groups excluding carboxylic acids is 5. The number of nitrogens with two attached hydrogens (primary N) is 3. The van der Waals surface area contributed by atoms with Gasteiger partial charge in [-0.2, -0.15) is 0 Å². The van der Waals surface area contributed by atoms with Crippen molar-refractivity contribution in [2.24, 2.45) is 40.9 Å². The van der Waals surface area contributed by atoms with Gasteiger partial charge < -0.3 is 48.1 Å². The SMILES string of the molecule is CCCCCC[C@@H](OC[C@@H](C)NC(=O)[C@@H](C)CNCCN)[C@@H](C)C(=O)N(C)[C@@H](CC(C)C)C(=O)N[C@H](C(=O)N[C@@H](CN)C(N)=O)C1CCCCCC1. The third kappa shape index (κ3) is 17.3. The Morgan fingerprint density at radius 3 is 2.06 bits per heavy atom. The van der Waals surface area contributed by atoms with Gasteiger partial charge in [0.05, 0.1) is 18.6 Å². The number of nitrogens with one attached hydrogen (secondary N) is 4. The van der Waals surface area contributed by atoms with Crippen LogP contribution in [0.15, 0.2) is 0 Å². The topological polar surface area (TPSA) is 224 Å². The van der Waals surface area contributed by atoms with Gasteiger partial charge in [0.1, 0.15) is 18.1 Å². The molecule has 1 saturated carbocycles. The Hall–Kier alpha value is -2.81. The lowest BCUT2D eigenvalue weighted by Crippen LogP contribution is -2.60. The summed E-state index contributed by atoms with van der Waals surface area (Å²) in [5, 5.41) is 11.8. The van der Waals surface area contributed by atoms with Gasteiger partial charge >= 0.3 is 0 Å². The van der Waals surface area contributed by atoms with Crippen molar-refractivity contribution in [3.05, 3.63) is 0 Å². The van der Waals surface area contributed by atoms with Gasteiger partial charge in [-0.1, -0.05) is 86.0 Å². The zero-order valence-corrected chi connectivity index (χ0v) is 33.3. The van der Waals surface area contributed by atoms with E-state index in [1.54, 1.807) is 7.05 Å². The minimum Gasteiger partial charge on any atom is -0.375 e. The lowest BCUT2D eigenvalue weighted by molar-refractivity contribution is -0.147. The maximum Gasteiger partial charge on any atom is 0.243 e. The maximum atomic E-state index is 14.2. The summed E-state index contributed by atoms with van der Waals surface area (Å²) in [4.78, 5) is 68.1. The molecule has 10 N–H and O–H groups in total. The minimum absolute atomic E-state index is 0.0707. The predicted octanol–water partition coefficient (Wildman–Crippen LogP) is 1.92. The lowest BCUT2D eigenvalue weighted by atomic mass is 9.90. The van der Waals surface area contributed by atoms with Crippen molar-refractivity contribution >= 4 is 29.5 Å². The fourth-order valence-electron chi connectivity index (χ4n) is 6.78. The van der Waals surface area contributed by atoms with Crippen LogP contribution < -0.4 is 38.5 Å². The van der Waals surface area contributed by atoms with Gasteiger partial charge in [-0.25, -0.2) is 0 Å². The molecule has 0 aromatic rings. The van der Waals surface area contributed by atoms with Crippen LogP contribution in [0, 0.1) is 23.7 Å². The Bertz CT molecular complexity index is 1070. The van der Waals surface area contributed by atoms with Crippen LogP contribution in [0.3, 0.4) is 0 Å².